The zero-order valence-corrected chi connectivity index (χ0v) is 15.6. The molecule has 0 saturated carbocycles. The standard InChI is InChI=1S/C20H24O.C2H6/c1-6-15(3)11-12-16(4)13-18(7-2)20-10-8-9-19(14-20)17(5)21;1-2/h6-14H,1-5H3;1-2H3/b12-11-,15-6-,16-13+,18-7+;. The lowest BCUT2D eigenvalue weighted by atomic mass is 9.99. The van der Waals surface area contributed by atoms with Gasteiger partial charge < -0.3 is 0 Å². The van der Waals surface area contributed by atoms with E-state index in [1.165, 1.54) is 11.1 Å². The van der Waals surface area contributed by atoms with Gasteiger partial charge in [0.25, 0.3) is 0 Å². The molecule has 0 aliphatic heterocycles. The van der Waals surface area contributed by atoms with Crippen LogP contribution in [0.1, 0.15) is 64.4 Å². The number of rotatable bonds is 5. The maximum absolute atomic E-state index is 11.5. The van der Waals surface area contributed by atoms with Gasteiger partial charge in [0.05, 0.1) is 0 Å². The van der Waals surface area contributed by atoms with Crippen molar-refractivity contribution in [3.63, 3.8) is 0 Å². The van der Waals surface area contributed by atoms with Crippen molar-refractivity contribution in [1.82, 2.24) is 0 Å². The van der Waals surface area contributed by atoms with Gasteiger partial charge in [0.1, 0.15) is 0 Å². The summed E-state index contributed by atoms with van der Waals surface area (Å²) in [6, 6.07) is 7.76. The zero-order chi connectivity index (χ0) is 17.8. The number of hydrogen-bond acceptors (Lipinski definition) is 1. The second-order valence-corrected chi connectivity index (χ2v) is 5.14. The van der Waals surface area contributed by atoms with Gasteiger partial charge in [-0.2, -0.15) is 0 Å². The molecule has 1 aromatic rings. The number of ketones is 1. The van der Waals surface area contributed by atoms with Gasteiger partial charge in [-0.1, -0.05) is 73.6 Å². The highest BCUT2D eigenvalue weighted by molar-refractivity contribution is 5.95. The predicted octanol–water partition coefficient (Wildman–Crippen LogP) is 6.79. The normalized spacial score (nSPS) is 12.9. The topological polar surface area (TPSA) is 17.1 Å². The smallest absolute Gasteiger partial charge is 0.159 e. The lowest BCUT2D eigenvalue weighted by Gasteiger charge is -2.05. The summed E-state index contributed by atoms with van der Waals surface area (Å²) >= 11 is 0. The highest BCUT2D eigenvalue weighted by atomic mass is 16.1. The number of benzene rings is 1. The Morgan fingerprint density at radius 3 is 1.96 bits per heavy atom. The Labute approximate surface area is 142 Å². The molecule has 1 heteroatoms. The Balaban J connectivity index is 0.00000232. The minimum absolute atomic E-state index is 0.0941. The molecular formula is C22H30O. The van der Waals surface area contributed by atoms with Crippen LogP contribution in [0, 0.1) is 0 Å². The van der Waals surface area contributed by atoms with Crippen LogP contribution in [0.15, 0.2) is 65.8 Å². The number of carbonyl (C=O) groups excluding carboxylic acids is 1. The van der Waals surface area contributed by atoms with Gasteiger partial charge in [-0.3, -0.25) is 4.79 Å². The molecule has 0 saturated heterocycles. The third-order valence-electron chi connectivity index (χ3n) is 3.36. The number of carbonyl (C=O) groups is 1. The highest BCUT2D eigenvalue weighted by Gasteiger charge is 2.03. The quantitative estimate of drug-likeness (QED) is 0.432. The van der Waals surface area contributed by atoms with Gasteiger partial charge in [0.15, 0.2) is 5.78 Å². The Morgan fingerprint density at radius 2 is 1.43 bits per heavy atom. The first-order chi connectivity index (χ1) is 11.0. The molecule has 23 heavy (non-hydrogen) atoms. The molecule has 0 aliphatic carbocycles. The molecule has 1 nitrogen and oxygen atoms in total. The summed E-state index contributed by atoms with van der Waals surface area (Å²) in [4.78, 5) is 11.5. The summed E-state index contributed by atoms with van der Waals surface area (Å²) in [6.45, 7) is 13.8. The molecule has 1 rings (SSSR count). The molecule has 0 aromatic heterocycles. The van der Waals surface area contributed by atoms with Gasteiger partial charge in [0.2, 0.25) is 0 Å². The fourth-order valence-corrected chi connectivity index (χ4v) is 1.90. The first-order valence-corrected chi connectivity index (χ1v) is 8.25. The van der Waals surface area contributed by atoms with Gasteiger partial charge in [0, 0.05) is 5.56 Å². The van der Waals surface area contributed by atoms with Crippen LogP contribution in [0.5, 0.6) is 0 Å². The van der Waals surface area contributed by atoms with Gasteiger partial charge in [-0.05, 0) is 51.8 Å². The average molecular weight is 310 g/mol. The summed E-state index contributed by atoms with van der Waals surface area (Å²) in [6.07, 6.45) is 10.5. The molecule has 0 bridgehead atoms. The highest BCUT2D eigenvalue weighted by Crippen LogP contribution is 2.20. The van der Waals surface area contributed by atoms with E-state index in [9.17, 15) is 4.79 Å². The van der Waals surface area contributed by atoms with E-state index in [1.54, 1.807) is 6.92 Å². The molecule has 0 amide bonds. The van der Waals surface area contributed by atoms with E-state index >= 15 is 0 Å². The van der Waals surface area contributed by atoms with E-state index < -0.39 is 0 Å². The SMILES string of the molecule is CC.C\C=C(C)/C=C\C(C)=C\C(=C/C)c1cccc(C(C)=O)c1. The second-order valence-electron chi connectivity index (χ2n) is 5.14. The second kappa shape index (κ2) is 11.4. The maximum atomic E-state index is 11.5. The van der Waals surface area contributed by atoms with Crippen LogP contribution in [0.4, 0.5) is 0 Å². The van der Waals surface area contributed by atoms with Crippen LogP contribution < -0.4 is 0 Å². The average Bonchev–Trinajstić information content (AvgIpc) is 2.59. The molecular weight excluding hydrogens is 280 g/mol. The fraction of sp³-hybridized carbons (Fsp3) is 0.318. The van der Waals surface area contributed by atoms with Crippen molar-refractivity contribution in [1.29, 1.82) is 0 Å². The zero-order valence-electron chi connectivity index (χ0n) is 15.6. The monoisotopic (exact) mass is 310 g/mol. The van der Waals surface area contributed by atoms with E-state index in [2.05, 4.69) is 44.2 Å². The van der Waals surface area contributed by atoms with E-state index in [-0.39, 0.29) is 5.78 Å². The van der Waals surface area contributed by atoms with Crippen LogP contribution in [0.3, 0.4) is 0 Å². The molecule has 0 unspecified atom stereocenters. The van der Waals surface area contributed by atoms with Crippen molar-refractivity contribution in [2.45, 2.75) is 48.5 Å². The third-order valence-corrected chi connectivity index (χ3v) is 3.36. The van der Waals surface area contributed by atoms with E-state index in [0.29, 0.717) is 0 Å². The molecule has 0 heterocycles. The Bertz CT molecular complexity index is 625. The van der Waals surface area contributed by atoms with Crippen LogP contribution in [-0.4, -0.2) is 5.78 Å². The molecule has 0 radical (unpaired) electrons. The lowest BCUT2D eigenvalue weighted by Crippen LogP contribution is -1.93. The summed E-state index contributed by atoms with van der Waals surface area (Å²) in [5.41, 5.74) is 5.36. The maximum Gasteiger partial charge on any atom is 0.159 e. The molecule has 0 N–H and O–H groups in total. The lowest BCUT2D eigenvalue weighted by molar-refractivity contribution is 0.101. The summed E-state index contributed by atoms with van der Waals surface area (Å²) < 4.78 is 0. The van der Waals surface area contributed by atoms with Gasteiger partial charge >= 0.3 is 0 Å². The van der Waals surface area contributed by atoms with Gasteiger partial charge in [-0.15, -0.1) is 0 Å². The fourth-order valence-electron chi connectivity index (χ4n) is 1.90. The van der Waals surface area contributed by atoms with E-state index in [0.717, 1.165) is 16.7 Å². The Hall–Kier alpha value is -2.15. The van der Waals surface area contributed by atoms with Crippen molar-refractivity contribution < 1.29 is 4.79 Å². The van der Waals surface area contributed by atoms with Crippen molar-refractivity contribution in [3.8, 4) is 0 Å². The molecule has 124 valence electrons. The van der Waals surface area contributed by atoms with Crippen LogP contribution in [0.2, 0.25) is 0 Å². The Morgan fingerprint density at radius 1 is 0.870 bits per heavy atom. The van der Waals surface area contributed by atoms with Crippen LogP contribution in [0.25, 0.3) is 5.57 Å². The molecule has 0 spiro atoms. The van der Waals surface area contributed by atoms with Crippen molar-refractivity contribution >= 4 is 11.4 Å². The summed E-state index contributed by atoms with van der Waals surface area (Å²) in [5, 5.41) is 0. The van der Waals surface area contributed by atoms with Crippen molar-refractivity contribution in [2.24, 2.45) is 0 Å². The van der Waals surface area contributed by atoms with Crippen LogP contribution in [-0.2, 0) is 0 Å². The molecule has 0 aliphatic rings. The number of allylic oxidation sites excluding steroid dienone is 8. The predicted molar refractivity (Wildman–Crippen MR) is 104 cm³/mol. The first-order valence-electron chi connectivity index (χ1n) is 8.25. The summed E-state index contributed by atoms with van der Waals surface area (Å²) in [7, 11) is 0. The molecule has 0 atom stereocenters. The molecule has 1 aromatic carbocycles. The first kappa shape index (κ1) is 20.9. The van der Waals surface area contributed by atoms with E-state index in [4.69, 9.17) is 0 Å². The van der Waals surface area contributed by atoms with E-state index in [1.807, 2.05) is 52.0 Å². The minimum atomic E-state index is 0.0941. The summed E-state index contributed by atoms with van der Waals surface area (Å²) in [5.74, 6) is 0.0941. The van der Waals surface area contributed by atoms with Gasteiger partial charge in [-0.25, -0.2) is 0 Å². The minimum Gasteiger partial charge on any atom is -0.295 e. The third kappa shape index (κ3) is 7.60. The largest absolute Gasteiger partial charge is 0.295 e. The van der Waals surface area contributed by atoms with Crippen molar-refractivity contribution in [3.05, 3.63) is 76.9 Å². The van der Waals surface area contributed by atoms with Crippen molar-refractivity contribution in [2.75, 3.05) is 0 Å². The molecule has 0 fully saturated rings. The Kier molecular flexibility index (Phi) is 10.4. The van der Waals surface area contributed by atoms with Crippen LogP contribution >= 0.6 is 0 Å². The number of Topliss-reactive ketones (excluding diaryl/α,β-unsaturated/α-hetero) is 1. The number of hydrogen-bond donors (Lipinski definition) is 0.